The molecular formula is C22H20FN5O2. The van der Waals surface area contributed by atoms with Crippen LogP contribution in [0.5, 0.6) is 11.5 Å². The summed E-state index contributed by atoms with van der Waals surface area (Å²) in [4.78, 5) is 4.42. The Bertz CT molecular complexity index is 1290. The molecule has 2 aliphatic rings. The molecule has 5 heterocycles. The number of hydrogen-bond acceptors (Lipinski definition) is 5. The molecule has 0 amide bonds. The number of benzene rings is 1. The van der Waals surface area contributed by atoms with E-state index >= 15 is 0 Å². The monoisotopic (exact) mass is 405 g/mol. The van der Waals surface area contributed by atoms with Crippen molar-refractivity contribution in [2.75, 3.05) is 13.2 Å². The van der Waals surface area contributed by atoms with Crippen molar-refractivity contribution >= 4 is 5.65 Å². The molecule has 1 aromatic carbocycles. The first-order valence-electron chi connectivity index (χ1n) is 10.0. The summed E-state index contributed by atoms with van der Waals surface area (Å²) in [6, 6.07) is 5.24. The van der Waals surface area contributed by atoms with Gasteiger partial charge in [0, 0.05) is 18.2 Å². The third kappa shape index (κ3) is 2.39. The van der Waals surface area contributed by atoms with Crippen LogP contribution in [0.15, 0.2) is 30.9 Å². The molecule has 0 unspecified atom stereocenters. The highest BCUT2D eigenvalue weighted by Crippen LogP contribution is 2.41. The SMILES string of the molecule is Cc1ncn(C)c1-c1cc2c(n3cnnc13)CCc1c(F)ccc3c1[C@H](CO3)CO2. The molecule has 2 aliphatic heterocycles. The minimum absolute atomic E-state index is 0.00940. The zero-order chi connectivity index (χ0) is 20.4. The molecule has 0 saturated carbocycles. The molecule has 0 N–H and O–H groups in total. The summed E-state index contributed by atoms with van der Waals surface area (Å²) >= 11 is 0. The molecule has 0 radical (unpaired) electrons. The molecule has 0 spiro atoms. The number of hydrogen-bond donors (Lipinski definition) is 0. The lowest BCUT2D eigenvalue weighted by atomic mass is 9.93. The number of fused-ring (bicyclic) bond motifs is 3. The fourth-order valence-corrected chi connectivity index (χ4v) is 4.77. The first-order valence-corrected chi connectivity index (χ1v) is 10.0. The largest absolute Gasteiger partial charge is 0.493 e. The highest BCUT2D eigenvalue weighted by molar-refractivity contribution is 5.78. The number of rotatable bonds is 1. The first-order chi connectivity index (χ1) is 14.6. The number of halogens is 1. The highest BCUT2D eigenvalue weighted by atomic mass is 19.1. The van der Waals surface area contributed by atoms with Gasteiger partial charge in [-0.25, -0.2) is 9.37 Å². The second kappa shape index (κ2) is 6.29. The first kappa shape index (κ1) is 17.4. The van der Waals surface area contributed by atoms with Gasteiger partial charge in [-0.2, -0.15) is 0 Å². The molecule has 1 atom stereocenters. The van der Waals surface area contributed by atoms with Crippen molar-refractivity contribution in [3.63, 3.8) is 0 Å². The fraction of sp³-hybridized carbons (Fsp3) is 0.318. The van der Waals surface area contributed by atoms with Gasteiger partial charge in [0.2, 0.25) is 0 Å². The van der Waals surface area contributed by atoms with Gasteiger partial charge in [0.1, 0.15) is 23.6 Å². The zero-order valence-corrected chi connectivity index (χ0v) is 16.7. The quantitative estimate of drug-likeness (QED) is 0.486. The molecule has 0 aliphatic carbocycles. The Balaban J connectivity index is 1.54. The molecular weight excluding hydrogens is 385 g/mol. The number of ether oxygens (including phenoxy) is 2. The van der Waals surface area contributed by atoms with Crippen molar-refractivity contribution in [1.82, 2.24) is 24.1 Å². The van der Waals surface area contributed by atoms with Crippen LogP contribution in [0.4, 0.5) is 4.39 Å². The molecule has 30 heavy (non-hydrogen) atoms. The summed E-state index contributed by atoms with van der Waals surface area (Å²) in [5.41, 5.74) is 6.15. The highest BCUT2D eigenvalue weighted by Gasteiger charge is 2.32. The molecule has 0 saturated heterocycles. The van der Waals surface area contributed by atoms with Crippen LogP contribution in [0, 0.1) is 12.7 Å². The van der Waals surface area contributed by atoms with E-state index in [4.69, 9.17) is 9.47 Å². The molecule has 152 valence electrons. The topological polar surface area (TPSA) is 66.5 Å². The van der Waals surface area contributed by atoms with Crippen LogP contribution in [0.25, 0.3) is 16.9 Å². The Kier molecular flexibility index (Phi) is 3.65. The third-order valence-electron chi connectivity index (χ3n) is 6.17. The number of aryl methyl sites for hydroxylation is 3. The number of nitrogens with zero attached hydrogens (tertiary/aromatic N) is 5. The van der Waals surface area contributed by atoms with Gasteiger partial charge in [0.25, 0.3) is 0 Å². The molecule has 4 aromatic rings. The minimum Gasteiger partial charge on any atom is -0.493 e. The van der Waals surface area contributed by atoms with Crippen LogP contribution in [-0.4, -0.2) is 37.4 Å². The summed E-state index contributed by atoms with van der Waals surface area (Å²) in [6.45, 7) is 2.90. The average Bonchev–Trinajstić information content (AvgIpc) is 3.45. The Hall–Kier alpha value is -3.42. The van der Waals surface area contributed by atoms with E-state index in [1.807, 2.05) is 29.0 Å². The van der Waals surface area contributed by atoms with Crippen molar-refractivity contribution < 1.29 is 13.9 Å². The maximum atomic E-state index is 14.7. The van der Waals surface area contributed by atoms with Crippen LogP contribution in [0.1, 0.15) is 28.4 Å². The van der Waals surface area contributed by atoms with Gasteiger partial charge in [-0.1, -0.05) is 0 Å². The van der Waals surface area contributed by atoms with E-state index in [1.54, 1.807) is 18.7 Å². The van der Waals surface area contributed by atoms with Crippen molar-refractivity contribution in [3.05, 3.63) is 59.2 Å². The van der Waals surface area contributed by atoms with Gasteiger partial charge in [-0.15, -0.1) is 10.2 Å². The van der Waals surface area contributed by atoms with Gasteiger partial charge in [-0.3, -0.25) is 4.40 Å². The molecule has 6 rings (SSSR count). The summed E-state index contributed by atoms with van der Waals surface area (Å²) < 4.78 is 30.8. The second-order valence-electron chi connectivity index (χ2n) is 7.94. The average molecular weight is 405 g/mol. The Morgan fingerprint density at radius 1 is 1.10 bits per heavy atom. The lowest BCUT2D eigenvalue weighted by Crippen LogP contribution is -2.13. The molecule has 0 fully saturated rings. The van der Waals surface area contributed by atoms with Gasteiger partial charge < -0.3 is 14.0 Å². The van der Waals surface area contributed by atoms with E-state index in [0.29, 0.717) is 26.1 Å². The van der Waals surface area contributed by atoms with E-state index in [0.717, 1.165) is 50.9 Å². The third-order valence-corrected chi connectivity index (χ3v) is 6.17. The van der Waals surface area contributed by atoms with Crippen LogP contribution < -0.4 is 9.47 Å². The summed E-state index contributed by atoms with van der Waals surface area (Å²) in [6.07, 6.45) is 4.65. The van der Waals surface area contributed by atoms with E-state index in [1.165, 1.54) is 6.07 Å². The Morgan fingerprint density at radius 3 is 2.73 bits per heavy atom. The van der Waals surface area contributed by atoms with Crippen LogP contribution in [0.2, 0.25) is 0 Å². The molecule has 3 aromatic heterocycles. The smallest absolute Gasteiger partial charge is 0.170 e. The Morgan fingerprint density at radius 2 is 1.93 bits per heavy atom. The maximum Gasteiger partial charge on any atom is 0.170 e. The standard InChI is InChI=1S/C22H20FN5O2/c1-12-21(27(2)10-24-12)15-7-19-17(28-11-25-26-22(15)28)5-3-14-16(23)4-6-18-20(14)13(8-29-18)9-30-19/h4,6-7,10-11,13H,3,5,8-9H2,1-2H3/t13-/m1/s1. The fourth-order valence-electron chi connectivity index (χ4n) is 4.77. The van der Waals surface area contributed by atoms with Crippen LogP contribution >= 0.6 is 0 Å². The molecule has 7 nitrogen and oxygen atoms in total. The maximum absolute atomic E-state index is 14.7. The van der Waals surface area contributed by atoms with Crippen molar-refractivity contribution in [2.45, 2.75) is 25.7 Å². The number of imidazole rings is 1. The van der Waals surface area contributed by atoms with E-state index in [2.05, 4.69) is 15.2 Å². The van der Waals surface area contributed by atoms with E-state index < -0.39 is 0 Å². The summed E-state index contributed by atoms with van der Waals surface area (Å²) in [5, 5.41) is 8.52. The van der Waals surface area contributed by atoms with Crippen molar-refractivity contribution in [3.8, 4) is 22.8 Å². The van der Waals surface area contributed by atoms with Crippen LogP contribution in [-0.2, 0) is 19.9 Å². The van der Waals surface area contributed by atoms with Gasteiger partial charge in [0.05, 0.1) is 42.5 Å². The molecule has 0 bridgehead atoms. The van der Waals surface area contributed by atoms with Crippen LogP contribution in [0.3, 0.4) is 0 Å². The lowest BCUT2D eigenvalue weighted by Gasteiger charge is -2.16. The Labute approximate surface area is 172 Å². The predicted molar refractivity (Wildman–Crippen MR) is 107 cm³/mol. The number of aromatic nitrogens is 5. The van der Waals surface area contributed by atoms with Crippen molar-refractivity contribution in [1.29, 1.82) is 0 Å². The summed E-state index contributed by atoms with van der Waals surface area (Å²) in [7, 11) is 1.96. The predicted octanol–water partition coefficient (Wildman–Crippen LogP) is 3.23. The van der Waals surface area contributed by atoms with Gasteiger partial charge >= 0.3 is 0 Å². The van der Waals surface area contributed by atoms with E-state index in [9.17, 15) is 4.39 Å². The van der Waals surface area contributed by atoms with Gasteiger partial charge in [0.15, 0.2) is 5.65 Å². The summed E-state index contributed by atoms with van der Waals surface area (Å²) in [5.74, 6) is 1.36. The second-order valence-corrected chi connectivity index (χ2v) is 7.94. The lowest BCUT2D eigenvalue weighted by molar-refractivity contribution is 0.246. The minimum atomic E-state index is -0.185. The zero-order valence-electron chi connectivity index (χ0n) is 16.7. The number of pyridine rings is 1. The van der Waals surface area contributed by atoms with Gasteiger partial charge in [-0.05, 0) is 43.5 Å². The van der Waals surface area contributed by atoms with E-state index in [-0.39, 0.29) is 11.7 Å². The normalized spacial score (nSPS) is 17.5. The van der Waals surface area contributed by atoms with Crippen molar-refractivity contribution in [2.24, 2.45) is 7.05 Å². The molecule has 8 heteroatoms.